The van der Waals surface area contributed by atoms with Gasteiger partial charge in [0, 0.05) is 15.9 Å². The molecule has 0 aliphatic carbocycles. The maximum absolute atomic E-state index is 10.8. The Morgan fingerprint density at radius 1 is 1.38 bits per heavy atom. The topological polar surface area (TPSA) is 70.4 Å². The van der Waals surface area contributed by atoms with Crippen LogP contribution >= 0.6 is 15.9 Å². The molecule has 1 aromatic heterocycles. The number of aromatic nitrogens is 1. The van der Waals surface area contributed by atoms with Gasteiger partial charge in [0.1, 0.15) is 5.75 Å². The van der Waals surface area contributed by atoms with Crippen molar-refractivity contribution in [2.45, 2.75) is 6.92 Å². The Bertz CT molecular complexity index is 595. The van der Waals surface area contributed by atoms with Gasteiger partial charge in [-0.25, -0.2) is 9.78 Å². The lowest BCUT2D eigenvalue weighted by atomic mass is 10.1. The third kappa shape index (κ3) is 1.74. The number of aryl methyl sites for hydroxylation is 1. The number of hydrogen-bond donors (Lipinski definition) is 2. The van der Waals surface area contributed by atoms with Crippen LogP contribution in [0.4, 0.5) is 0 Å². The first kappa shape index (κ1) is 10.9. The fourth-order valence-electron chi connectivity index (χ4n) is 1.51. The standard InChI is InChI=1S/C11H8BrNO3/c1-5-2-6-9(14)4-8(11(15)16)13-10(6)7(12)3-5/h2-4H,1H3,(H,13,14)(H,15,16). The molecular formula is C11H8BrNO3. The third-order valence-corrected chi connectivity index (χ3v) is 2.81. The predicted molar refractivity (Wildman–Crippen MR) is 62.8 cm³/mol. The molecule has 0 saturated heterocycles. The minimum Gasteiger partial charge on any atom is -0.507 e. The van der Waals surface area contributed by atoms with Crippen LogP contribution in [0, 0.1) is 6.92 Å². The van der Waals surface area contributed by atoms with Crippen LogP contribution in [0.5, 0.6) is 5.75 Å². The van der Waals surface area contributed by atoms with E-state index in [4.69, 9.17) is 5.11 Å². The summed E-state index contributed by atoms with van der Waals surface area (Å²) < 4.78 is 0.668. The fraction of sp³-hybridized carbons (Fsp3) is 0.0909. The lowest BCUT2D eigenvalue weighted by molar-refractivity contribution is 0.0690. The summed E-state index contributed by atoms with van der Waals surface area (Å²) in [6, 6.07) is 4.73. The molecule has 2 aromatic rings. The summed E-state index contributed by atoms with van der Waals surface area (Å²) >= 11 is 3.30. The predicted octanol–water partition coefficient (Wildman–Crippen LogP) is 2.71. The first-order chi connectivity index (χ1) is 7.49. The van der Waals surface area contributed by atoms with Gasteiger partial charge in [-0.3, -0.25) is 0 Å². The molecule has 0 spiro atoms. The van der Waals surface area contributed by atoms with Crippen LogP contribution in [0.3, 0.4) is 0 Å². The average molecular weight is 282 g/mol. The number of carboxylic acids is 1. The van der Waals surface area contributed by atoms with Crippen molar-refractivity contribution in [3.05, 3.63) is 33.9 Å². The largest absolute Gasteiger partial charge is 0.507 e. The van der Waals surface area contributed by atoms with E-state index in [1.807, 2.05) is 13.0 Å². The molecule has 0 radical (unpaired) electrons. The first-order valence-electron chi connectivity index (χ1n) is 4.52. The van der Waals surface area contributed by atoms with Crippen molar-refractivity contribution >= 4 is 32.8 Å². The Labute approximate surface area is 99.7 Å². The minimum atomic E-state index is -1.16. The Kier molecular flexibility index (Phi) is 2.55. The molecule has 2 N–H and O–H groups in total. The monoisotopic (exact) mass is 281 g/mol. The lowest BCUT2D eigenvalue weighted by Gasteiger charge is -2.05. The Morgan fingerprint density at radius 2 is 2.06 bits per heavy atom. The number of carbonyl (C=O) groups is 1. The molecule has 0 bridgehead atoms. The number of rotatable bonds is 1. The summed E-state index contributed by atoms with van der Waals surface area (Å²) in [6.07, 6.45) is 0. The molecule has 16 heavy (non-hydrogen) atoms. The molecule has 0 aliphatic rings. The molecule has 1 aromatic carbocycles. The molecule has 0 aliphatic heterocycles. The van der Waals surface area contributed by atoms with Crippen LogP contribution < -0.4 is 0 Å². The number of aromatic hydroxyl groups is 1. The molecule has 82 valence electrons. The van der Waals surface area contributed by atoms with Gasteiger partial charge in [-0.05, 0) is 40.5 Å². The summed E-state index contributed by atoms with van der Waals surface area (Å²) in [5.41, 5.74) is 1.23. The molecule has 0 saturated carbocycles. The van der Waals surface area contributed by atoms with E-state index in [0.29, 0.717) is 15.4 Å². The summed E-state index contributed by atoms with van der Waals surface area (Å²) in [7, 11) is 0. The van der Waals surface area contributed by atoms with Gasteiger partial charge in [0.15, 0.2) is 5.69 Å². The molecule has 0 fully saturated rings. The summed E-state index contributed by atoms with van der Waals surface area (Å²) in [5.74, 6) is -1.24. The number of fused-ring (bicyclic) bond motifs is 1. The molecule has 0 amide bonds. The Hall–Kier alpha value is -1.62. The molecule has 0 unspecified atom stereocenters. The smallest absolute Gasteiger partial charge is 0.354 e. The molecule has 2 rings (SSSR count). The van der Waals surface area contributed by atoms with Crippen molar-refractivity contribution in [2.75, 3.05) is 0 Å². The maximum Gasteiger partial charge on any atom is 0.354 e. The average Bonchev–Trinajstić information content (AvgIpc) is 2.19. The molecular weight excluding hydrogens is 274 g/mol. The van der Waals surface area contributed by atoms with Crippen LogP contribution in [-0.4, -0.2) is 21.2 Å². The van der Waals surface area contributed by atoms with E-state index in [1.165, 1.54) is 0 Å². The zero-order chi connectivity index (χ0) is 11.9. The Balaban J connectivity index is 2.87. The van der Waals surface area contributed by atoms with E-state index < -0.39 is 5.97 Å². The van der Waals surface area contributed by atoms with Crippen molar-refractivity contribution in [3.8, 4) is 5.75 Å². The fourth-order valence-corrected chi connectivity index (χ4v) is 2.18. The number of pyridine rings is 1. The van der Waals surface area contributed by atoms with E-state index in [0.717, 1.165) is 11.6 Å². The highest BCUT2D eigenvalue weighted by Crippen LogP contribution is 2.30. The number of benzene rings is 1. The summed E-state index contributed by atoms with van der Waals surface area (Å²) in [6.45, 7) is 1.88. The molecule has 1 heterocycles. The van der Waals surface area contributed by atoms with E-state index in [1.54, 1.807) is 6.07 Å². The lowest BCUT2D eigenvalue weighted by Crippen LogP contribution is -2.00. The van der Waals surface area contributed by atoms with Gasteiger partial charge in [-0.1, -0.05) is 0 Å². The molecule has 5 heteroatoms. The van der Waals surface area contributed by atoms with Crippen LogP contribution in [0.2, 0.25) is 0 Å². The van der Waals surface area contributed by atoms with Crippen LogP contribution in [-0.2, 0) is 0 Å². The van der Waals surface area contributed by atoms with Crippen molar-refractivity contribution in [1.29, 1.82) is 0 Å². The van der Waals surface area contributed by atoms with Gasteiger partial charge in [0.05, 0.1) is 5.52 Å². The van der Waals surface area contributed by atoms with Crippen molar-refractivity contribution in [1.82, 2.24) is 4.98 Å². The second-order valence-electron chi connectivity index (χ2n) is 3.47. The normalized spacial score (nSPS) is 10.6. The van der Waals surface area contributed by atoms with Gasteiger partial charge in [0.2, 0.25) is 0 Å². The van der Waals surface area contributed by atoms with Crippen molar-refractivity contribution < 1.29 is 15.0 Å². The molecule has 0 atom stereocenters. The number of halogens is 1. The highest BCUT2D eigenvalue weighted by molar-refractivity contribution is 9.10. The SMILES string of the molecule is Cc1cc(Br)c2nc(C(=O)O)cc(O)c2c1. The van der Waals surface area contributed by atoms with Crippen molar-refractivity contribution in [2.24, 2.45) is 0 Å². The Morgan fingerprint density at radius 3 is 2.69 bits per heavy atom. The first-order valence-corrected chi connectivity index (χ1v) is 5.31. The van der Waals surface area contributed by atoms with Crippen LogP contribution in [0.1, 0.15) is 16.1 Å². The number of nitrogens with zero attached hydrogens (tertiary/aromatic N) is 1. The quantitative estimate of drug-likeness (QED) is 0.843. The number of hydrogen-bond acceptors (Lipinski definition) is 3. The highest BCUT2D eigenvalue weighted by atomic mass is 79.9. The van der Waals surface area contributed by atoms with E-state index >= 15 is 0 Å². The second kappa shape index (κ2) is 3.75. The number of aromatic carboxylic acids is 1. The summed E-state index contributed by atoms with van der Waals surface area (Å²) in [5, 5.41) is 19.1. The number of carboxylic acid groups (broad SMARTS) is 1. The van der Waals surface area contributed by atoms with Gasteiger partial charge >= 0.3 is 5.97 Å². The van der Waals surface area contributed by atoms with E-state index in [9.17, 15) is 9.90 Å². The highest BCUT2D eigenvalue weighted by Gasteiger charge is 2.12. The summed E-state index contributed by atoms with van der Waals surface area (Å²) in [4.78, 5) is 14.8. The molecule has 4 nitrogen and oxygen atoms in total. The second-order valence-corrected chi connectivity index (χ2v) is 4.33. The van der Waals surface area contributed by atoms with Gasteiger partial charge < -0.3 is 10.2 Å². The van der Waals surface area contributed by atoms with Gasteiger partial charge in [-0.15, -0.1) is 0 Å². The zero-order valence-corrected chi connectivity index (χ0v) is 9.95. The van der Waals surface area contributed by atoms with Crippen LogP contribution in [0.25, 0.3) is 10.9 Å². The van der Waals surface area contributed by atoms with Gasteiger partial charge in [-0.2, -0.15) is 0 Å². The zero-order valence-electron chi connectivity index (χ0n) is 8.36. The van der Waals surface area contributed by atoms with Crippen LogP contribution in [0.15, 0.2) is 22.7 Å². The van der Waals surface area contributed by atoms with Crippen molar-refractivity contribution in [3.63, 3.8) is 0 Å². The van der Waals surface area contributed by atoms with E-state index in [2.05, 4.69) is 20.9 Å². The minimum absolute atomic E-state index is 0.0770. The van der Waals surface area contributed by atoms with Gasteiger partial charge in [0.25, 0.3) is 0 Å². The van der Waals surface area contributed by atoms with E-state index in [-0.39, 0.29) is 11.4 Å². The third-order valence-electron chi connectivity index (χ3n) is 2.21. The maximum atomic E-state index is 10.8.